The van der Waals surface area contributed by atoms with E-state index >= 15 is 0 Å². The largest absolute Gasteiger partial charge is 0.507 e. The molecule has 0 fully saturated rings. The second kappa shape index (κ2) is 7.86. The first-order chi connectivity index (χ1) is 15.5. The first kappa shape index (κ1) is 19.8. The van der Waals surface area contributed by atoms with Crippen molar-refractivity contribution in [2.75, 3.05) is 0 Å². The minimum Gasteiger partial charge on any atom is -0.507 e. The lowest BCUT2D eigenvalue weighted by Gasteiger charge is -2.15. The summed E-state index contributed by atoms with van der Waals surface area (Å²) in [5.74, 6) is 0.445. The summed E-state index contributed by atoms with van der Waals surface area (Å²) in [6.45, 7) is 3.88. The van der Waals surface area contributed by atoms with Crippen LogP contribution in [0.15, 0.2) is 89.9 Å². The molecule has 0 aliphatic heterocycles. The van der Waals surface area contributed by atoms with Crippen LogP contribution in [-0.2, 0) is 0 Å². The van der Waals surface area contributed by atoms with Crippen molar-refractivity contribution in [3.8, 4) is 22.6 Å². The van der Waals surface area contributed by atoms with Crippen molar-refractivity contribution in [1.29, 1.82) is 0 Å². The molecule has 0 aliphatic carbocycles. The monoisotopic (exact) mass is 417 g/mol. The maximum absolute atomic E-state index is 11.0. The average molecular weight is 418 g/mol. The molecule has 0 atom stereocenters. The maximum Gasteiger partial charge on any atom is 0.127 e. The molecule has 0 unspecified atom stereocenters. The van der Waals surface area contributed by atoms with Crippen LogP contribution in [0.5, 0.6) is 11.5 Å². The van der Waals surface area contributed by atoms with Gasteiger partial charge in [-0.2, -0.15) is 0 Å². The van der Waals surface area contributed by atoms with Gasteiger partial charge in [0.1, 0.15) is 11.5 Å². The highest BCUT2D eigenvalue weighted by atomic mass is 16.3. The van der Waals surface area contributed by atoms with Gasteiger partial charge in [0.05, 0.1) is 5.69 Å². The van der Waals surface area contributed by atoms with Crippen molar-refractivity contribution in [2.24, 2.45) is 4.99 Å². The number of aromatic hydroxyl groups is 2. The fraction of sp³-hybridized carbons (Fsp3) is 0.0690. The molecule has 0 aliphatic rings. The molecule has 156 valence electrons. The third kappa shape index (κ3) is 3.38. The zero-order valence-electron chi connectivity index (χ0n) is 18.0. The number of phenols is 2. The van der Waals surface area contributed by atoms with Crippen molar-refractivity contribution >= 4 is 33.4 Å². The van der Waals surface area contributed by atoms with Gasteiger partial charge in [-0.25, -0.2) is 0 Å². The molecule has 0 spiro atoms. The molecule has 0 aromatic heterocycles. The van der Waals surface area contributed by atoms with Crippen LogP contribution in [0.1, 0.15) is 16.7 Å². The number of aryl methyl sites for hydroxylation is 2. The summed E-state index contributed by atoms with van der Waals surface area (Å²) in [6, 6.07) is 27.7. The highest BCUT2D eigenvalue weighted by molar-refractivity contribution is 6.11. The van der Waals surface area contributed by atoms with Crippen molar-refractivity contribution in [3.63, 3.8) is 0 Å². The molecule has 0 amide bonds. The van der Waals surface area contributed by atoms with E-state index in [1.807, 2.05) is 80.6 Å². The molecular formula is C29H23NO2. The molecular weight excluding hydrogens is 394 g/mol. The lowest BCUT2D eigenvalue weighted by Crippen LogP contribution is -1.90. The quantitative estimate of drug-likeness (QED) is 0.300. The van der Waals surface area contributed by atoms with Gasteiger partial charge in [0.2, 0.25) is 0 Å². The van der Waals surface area contributed by atoms with E-state index in [1.165, 1.54) is 0 Å². The van der Waals surface area contributed by atoms with E-state index < -0.39 is 0 Å². The lowest BCUT2D eigenvalue weighted by atomic mass is 9.92. The standard InChI is InChI=1S/C29H23NO2/c1-18-15-19(2)29(32)22(16-18)17-30-25-13-11-20-7-3-5-9-23(20)27(25)28-24-10-6-4-8-21(24)12-14-26(28)31/h3-17,31-32H,1-2H3. The van der Waals surface area contributed by atoms with Crippen molar-refractivity contribution in [3.05, 3.63) is 102 Å². The summed E-state index contributed by atoms with van der Waals surface area (Å²) in [4.78, 5) is 4.80. The van der Waals surface area contributed by atoms with Gasteiger partial charge in [-0.05, 0) is 64.7 Å². The molecule has 5 aromatic carbocycles. The Hall–Kier alpha value is -4.11. The number of hydrogen-bond donors (Lipinski definition) is 2. The predicted octanol–water partition coefficient (Wildman–Crippen LogP) is 7.44. The Kier molecular flexibility index (Phi) is 4.87. The molecule has 32 heavy (non-hydrogen) atoms. The molecule has 5 aromatic rings. The Balaban J connectivity index is 1.81. The Labute approximate surface area is 186 Å². The normalized spacial score (nSPS) is 11.6. The molecule has 3 nitrogen and oxygen atoms in total. The smallest absolute Gasteiger partial charge is 0.127 e. The van der Waals surface area contributed by atoms with Crippen LogP contribution in [0.3, 0.4) is 0 Å². The summed E-state index contributed by atoms with van der Waals surface area (Å²) in [6.07, 6.45) is 1.70. The number of rotatable bonds is 3. The van der Waals surface area contributed by atoms with Crippen LogP contribution in [0.25, 0.3) is 32.7 Å². The zero-order valence-corrected chi connectivity index (χ0v) is 18.0. The van der Waals surface area contributed by atoms with Crippen LogP contribution < -0.4 is 0 Å². The van der Waals surface area contributed by atoms with Gasteiger partial charge in [0, 0.05) is 22.9 Å². The second-order valence-corrected chi connectivity index (χ2v) is 8.14. The second-order valence-electron chi connectivity index (χ2n) is 8.14. The molecule has 0 saturated carbocycles. The SMILES string of the molecule is Cc1cc(C)c(O)c(C=Nc2ccc3ccccc3c2-c2c(O)ccc3ccccc23)c1. The predicted molar refractivity (Wildman–Crippen MR) is 133 cm³/mol. The Bertz CT molecular complexity index is 1520. The van der Waals surface area contributed by atoms with Crippen molar-refractivity contribution in [1.82, 2.24) is 0 Å². The minimum absolute atomic E-state index is 0.214. The maximum atomic E-state index is 11.0. The van der Waals surface area contributed by atoms with E-state index in [2.05, 4.69) is 12.1 Å². The van der Waals surface area contributed by atoms with Gasteiger partial charge in [-0.1, -0.05) is 66.7 Å². The molecule has 0 bridgehead atoms. The van der Waals surface area contributed by atoms with Gasteiger partial charge < -0.3 is 10.2 Å². The summed E-state index contributed by atoms with van der Waals surface area (Å²) >= 11 is 0. The van der Waals surface area contributed by atoms with E-state index in [1.54, 1.807) is 12.3 Å². The fourth-order valence-electron chi connectivity index (χ4n) is 4.38. The van der Waals surface area contributed by atoms with Crippen molar-refractivity contribution in [2.45, 2.75) is 13.8 Å². The van der Waals surface area contributed by atoms with E-state index in [4.69, 9.17) is 4.99 Å². The Morgan fingerprint density at radius 2 is 1.31 bits per heavy atom. The molecule has 5 rings (SSSR count). The Morgan fingerprint density at radius 3 is 2.03 bits per heavy atom. The van der Waals surface area contributed by atoms with Crippen LogP contribution in [-0.4, -0.2) is 16.4 Å². The summed E-state index contributed by atoms with van der Waals surface area (Å²) < 4.78 is 0. The third-order valence-corrected chi connectivity index (χ3v) is 5.88. The van der Waals surface area contributed by atoms with Crippen molar-refractivity contribution < 1.29 is 10.2 Å². The number of hydrogen-bond acceptors (Lipinski definition) is 3. The highest BCUT2D eigenvalue weighted by Gasteiger charge is 2.16. The van der Waals surface area contributed by atoms with E-state index in [0.29, 0.717) is 5.56 Å². The van der Waals surface area contributed by atoms with Gasteiger partial charge in [0.15, 0.2) is 0 Å². The summed E-state index contributed by atoms with van der Waals surface area (Å²) in [5, 5.41) is 25.6. The molecule has 2 N–H and O–H groups in total. The summed E-state index contributed by atoms with van der Waals surface area (Å²) in [7, 11) is 0. The molecule has 0 heterocycles. The Morgan fingerprint density at radius 1 is 0.688 bits per heavy atom. The van der Waals surface area contributed by atoms with Gasteiger partial charge >= 0.3 is 0 Å². The number of benzene rings is 5. The van der Waals surface area contributed by atoms with E-state index in [0.717, 1.165) is 49.5 Å². The van der Waals surface area contributed by atoms with Crippen LogP contribution in [0.4, 0.5) is 5.69 Å². The van der Waals surface area contributed by atoms with Crippen LogP contribution in [0.2, 0.25) is 0 Å². The first-order valence-corrected chi connectivity index (χ1v) is 10.6. The molecule has 3 heteroatoms. The number of phenolic OH excluding ortho intramolecular Hbond substituents is 2. The minimum atomic E-state index is 0.214. The topological polar surface area (TPSA) is 52.8 Å². The first-order valence-electron chi connectivity index (χ1n) is 10.6. The highest BCUT2D eigenvalue weighted by Crippen LogP contribution is 2.45. The third-order valence-electron chi connectivity index (χ3n) is 5.88. The van der Waals surface area contributed by atoms with Crippen LogP contribution >= 0.6 is 0 Å². The summed E-state index contributed by atoms with van der Waals surface area (Å²) in [5.41, 5.74) is 4.91. The van der Waals surface area contributed by atoms with Gasteiger partial charge in [-0.3, -0.25) is 4.99 Å². The van der Waals surface area contributed by atoms with Gasteiger partial charge in [-0.15, -0.1) is 0 Å². The lowest BCUT2D eigenvalue weighted by molar-refractivity contribution is 0.470. The number of nitrogens with zero attached hydrogens (tertiary/aromatic N) is 1. The van der Waals surface area contributed by atoms with E-state index in [-0.39, 0.29) is 11.5 Å². The molecule has 0 radical (unpaired) electrons. The number of fused-ring (bicyclic) bond motifs is 2. The number of aliphatic imine (C=N–C) groups is 1. The van der Waals surface area contributed by atoms with Crippen LogP contribution in [0, 0.1) is 13.8 Å². The van der Waals surface area contributed by atoms with Gasteiger partial charge in [0.25, 0.3) is 0 Å². The molecule has 0 saturated heterocycles. The van der Waals surface area contributed by atoms with E-state index in [9.17, 15) is 10.2 Å². The zero-order chi connectivity index (χ0) is 22.2. The average Bonchev–Trinajstić information content (AvgIpc) is 2.80. The fourth-order valence-corrected chi connectivity index (χ4v) is 4.38.